The second-order valence-corrected chi connectivity index (χ2v) is 8.95. The molecule has 0 spiro atoms. The molecule has 0 saturated carbocycles. The van der Waals surface area contributed by atoms with Crippen LogP contribution >= 0.6 is 0 Å². The molecule has 0 aliphatic heterocycles. The SMILES string of the molecule is CCCCn1c(=O)[nH]c(=O)c2c1nc(CCC(=O)Oc1ccc3ccccc3c1)n2CC(C)C. The molecule has 4 aromatic rings. The van der Waals surface area contributed by atoms with Crippen molar-refractivity contribution in [3.63, 3.8) is 0 Å². The van der Waals surface area contributed by atoms with Gasteiger partial charge in [0.05, 0.1) is 6.42 Å². The number of ether oxygens (including phenoxy) is 1. The van der Waals surface area contributed by atoms with Crippen LogP contribution in [-0.2, 0) is 24.3 Å². The average Bonchev–Trinajstić information content (AvgIpc) is 3.15. The Morgan fingerprint density at radius 2 is 1.85 bits per heavy atom. The third-order valence-electron chi connectivity index (χ3n) is 5.75. The van der Waals surface area contributed by atoms with Crippen LogP contribution in [0.3, 0.4) is 0 Å². The summed E-state index contributed by atoms with van der Waals surface area (Å²) < 4.78 is 8.92. The summed E-state index contributed by atoms with van der Waals surface area (Å²) in [5.74, 6) is 0.955. The molecule has 2 aromatic carbocycles. The van der Waals surface area contributed by atoms with Gasteiger partial charge < -0.3 is 9.30 Å². The Bertz CT molecular complexity index is 1440. The Labute approximate surface area is 197 Å². The fraction of sp³-hybridized carbons (Fsp3) is 0.385. The number of esters is 1. The Kier molecular flexibility index (Phi) is 6.95. The first-order chi connectivity index (χ1) is 16.4. The van der Waals surface area contributed by atoms with Crippen LogP contribution in [0.25, 0.3) is 21.9 Å². The van der Waals surface area contributed by atoms with Gasteiger partial charge in [-0.05, 0) is 35.2 Å². The van der Waals surface area contributed by atoms with Gasteiger partial charge >= 0.3 is 11.7 Å². The number of imidazole rings is 1. The zero-order valence-electron chi connectivity index (χ0n) is 19.8. The average molecular weight is 463 g/mol. The highest BCUT2D eigenvalue weighted by atomic mass is 16.5. The number of aryl methyl sites for hydroxylation is 2. The van der Waals surface area contributed by atoms with E-state index in [2.05, 4.69) is 9.97 Å². The van der Waals surface area contributed by atoms with Crippen molar-refractivity contribution in [2.24, 2.45) is 5.92 Å². The number of aromatic amines is 1. The number of hydrogen-bond donors (Lipinski definition) is 1. The predicted octanol–water partition coefficient (Wildman–Crippen LogP) is 4.03. The van der Waals surface area contributed by atoms with Gasteiger partial charge in [0.1, 0.15) is 11.6 Å². The summed E-state index contributed by atoms with van der Waals surface area (Å²) in [6.45, 7) is 7.17. The molecule has 0 saturated heterocycles. The molecule has 4 rings (SSSR count). The van der Waals surface area contributed by atoms with Gasteiger partial charge in [0.15, 0.2) is 11.2 Å². The minimum absolute atomic E-state index is 0.103. The lowest BCUT2D eigenvalue weighted by Crippen LogP contribution is -2.31. The number of benzene rings is 2. The van der Waals surface area contributed by atoms with Crippen LogP contribution in [0.5, 0.6) is 5.75 Å². The van der Waals surface area contributed by atoms with Gasteiger partial charge in [0, 0.05) is 19.5 Å². The molecule has 34 heavy (non-hydrogen) atoms. The van der Waals surface area contributed by atoms with Gasteiger partial charge in [-0.25, -0.2) is 9.78 Å². The number of unbranched alkanes of at least 4 members (excludes halogenated alkanes) is 1. The third kappa shape index (κ3) is 4.95. The minimum Gasteiger partial charge on any atom is -0.426 e. The van der Waals surface area contributed by atoms with Crippen LogP contribution in [0, 0.1) is 5.92 Å². The van der Waals surface area contributed by atoms with Crippen molar-refractivity contribution >= 4 is 27.9 Å². The fourth-order valence-corrected chi connectivity index (χ4v) is 4.12. The maximum Gasteiger partial charge on any atom is 0.330 e. The Morgan fingerprint density at radius 1 is 1.09 bits per heavy atom. The van der Waals surface area contributed by atoms with Crippen LogP contribution < -0.4 is 16.0 Å². The van der Waals surface area contributed by atoms with E-state index in [-0.39, 0.29) is 18.3 Å². The van der Waals surface area contributed by atoms with Crippen molar-refractivity contribution in [1.29, 1.82) is 0 Å². The predicted molar refractivity (Wildman–Crippen MR) is 132 cm³/mol. The smallest absolute Gasteiger partial charge is 0.330 e. The van der Waals surface area contributed by atoms with E-state index in [4.69, 9.17) is 4.74 Å². The van der Waals surface area contributed by atoms with Gasteiger partial charge in [0.25, 0.3) is 5.56 Å². The molecule has 2 aromatic heterocycles. The van der Waals surface area contributed by atoms with Crippen LogP contribution in [0.1, 0.15) is 45.9 Å². The number of fused-ring (bicyclic) bond motifs is 2. The number of hydrogen-bond acceptors (Lipinski definition) is 5. The molecule has 8 nitrogen and oxygen atoms in total. The van der Waals surface area contributed by atoms with Gasteiger partial charge in [-0.15, -0.1) is 0 Å². The maximum absolute atomic E-state index is 12.7. The van der Waals surface area contributed by atoms with Gasteiger partial charge in [-0.2, -0.15) is 0 Å². The molecule has 0 amide bonds. The molecule has 178 valence electrons. The molecule has 0 atom stereocenters. The molecule has 8 heteroatoms. The molecule has 1 N–H and O–H groups in total. The highest BCUT2D eigenvalue weighted by Crippen LogP contribution is 2.21. The molecule has 0 aliphatic carbocycles. The zero-order chi connectivity index (χ0) is 24.2. The van der Waals surface area contributed by atoms with E-state index in [9.17, 15) is 14.4 Å². The van der Waals surface area contributed by atoms with Crippen LogP contribution in [0.15, 0.2) is 52.1 Å². The van der Waals surface area contributed by atoms with E-state index in [1.54, 1.807) is 6.07 Å². The highest BCUT2D eigenvalue weighted by molar-refractivity contribution is 5.84. The number of rotatable bonds is 9. The normalized spacial score (nSPS) is 11.5. The van der Waals surface area contributed by atoms with Crippen molar-refractivity contribution in [3.8, 4) is 5.75 Å². The second kappa shape index (κ2) is 10.1. The van der Waals surface area contributed by atoms with E-state index in [1.165, 1.54) is 4.57 Å². The van der Waals surface area contributed by atoms with Crippen LogP contribution in [-0.4, -0.2) is 25.1 Å². The second-order valence-electron chi connectivity index (χ2n) is 8.95. The van der Waals surface area contributed by atoms with E-state index < -0.39 is 11.2 Å². The summed E-state index contributed by atoms with van der Waals surface area (Å²) in [6, 6.07) is 13.4. The first-order valence-corrected chi connectivity index (χ1v) is 11.8. The lowest BCUT2D eigenvalue weighted by Gasteiger charge is -2.11. The summed E-state index contributed by atoms with van der Waals surface area (Å²) in [7, 11) is 0. The number of carbonyl (C=O) groups excluding carboxylic acids is 1. The van der Waals surface area contributed by atoms with Gasteiger partial charge in [0.2, 0.25) is 0 Å². The van der Waals surface area contributed by atoms with Gasteiger partial charge in [-0.3, -0.25) is 19.1 Å². The Morgan fingerprint density at radius 3 is 2.59 bits per heavy atom. The number of nitrogens with one attached hydrogen (secondary N) is 1. The highest BCUT2D eigenvalue weighted by Gasteiger charge is 2.20. The van der Waals surface area contributed by atoms with Gasteiger partial charge in [-0.1, -0.05) is 57.5 Å². The summed E-state index contributed by atoms with van der Waals surface area (Å²) in [4.78, 5) is 44.9. The molecular formula is C26H30N4O4. The Balaban J connectivity index is 1.60. The first kappa shape index (κ1) is 23.5. The minimum atomic E-state index is -0.456. The number of nitrogens with zero attached hydrogens (tertiary/aromatic N) is 3. The fourth-order valence-electron chi connectivity index (χ4n) is 4.12. The van der Waals surface area contributed by atoms with Crippen molar-refractivity contribution in [1.82, 2.24) is 19.1 Å². The third-order valence-corrected chi connectivity index (χ3v) is 5.75. The summed E-state index contributed by atoms with van der Waals surface area (Å²) in [6.07, 6.45) is 2.11. The molecule has 0 unspecified atom stereocenters. The number of carbonyl (C=O) groups is 1. The number of H-pyrrole nitrogens is 1. The largest absolute Gasteiger partial charge is 0.426 e. The molecule has 0 fully saturated rings. The topological polar surface area (TPSA) is 99.0 Å². The van der Waals surface area contributed by atoms with Crippen molar-refractivity contribution < 1.29 is 9.53 Å². The van der Waals surface area contributed by atoms with E-state index in [1.807, 2.05) is 61.7 Å². The lowest BCUT2D eigenvalue weighted by atomic mass is 10.1. The maximum atomic E-state index is 12.7. The standard InChI is InChI=1S/C26H30N4O4/c1-4-5-14-29-24-23(25(32)28-26(29)33)30(16-17(2)3)21(27-24)12-13-22(31)34-20-11-10-18-8-6-7-9-19(18)15-20/h6-11,15,17H,4-5,12-14,16H2,1-3H3,(H,28,32,33). The Hall–Kier alpha value is -3.68. The van der Waals surface area contributed by atoms with Crippen LogP contribution in [0.2, 0.25) is 0 Å². The lowest BCUT2D eigenvalue weighted by molar-refractivity contribution is -0.134. The van der Waals surface area contributed by atoms with E-state index in [0.29, 0.717) is 42.2 Å². The van der Waals surface area contributed by atoms with E-state index >= 15 is 0 Å². The summed E-state index contributed by atoms with van der Waals surface area (Å²) in [5.41, 5.74) is -0.156. The zero-order valence-corrected chi connectivity index (χ0v) is 19.8. The van der Waals surface area contributed by atoms with Crippen LogP contribution in [0.4, 0.5) is 0 Å². The number of aromatic nitrogens is 4. The quantitative estimate of drug-likeness (QED) is 0.299. The first-order valence-electron chi connectivity index (χ1n) is 11.8. The van der Waals surface area contributed by atoms with Crippen molar-refractivity contribution in [2.75, 3.05) is 0 Å². The van der Waals surface area contributed by atoms with Crippen molar-refractivity contribution in [3.05, 3.63) is 69.1 Å². The molecule has 2 heterocycles. The summed E-state index contributed by atoms with van der Waals surface area (Å²) >= 11 is 0. The van der Waals surface area contributed by atoms with E-state index in [0.717, 1.165) is 23.6 Å². The van der Waals surface area contributed by atoms with Crippen molar-refractivity contribution in [2.45, 2.75) is 59.5 Å². The molecule has 0 bridgehead atoms. The molecule has 0 radical (unpaired) electrons. The monoisotopic (exact) mass is 462 g/mol. The molecule has 0 aliphatic rings. The summed E-state index contributed by atoms with van der Waals surface area (Å²) in [5, 5.41) is 2.07. The molecular weight excluding hydrogens is 432 g/mol.